The van der Waals surface area contributed by atoms with Crippen molar-refractivity contribution in [3.63, 3.8) is 0 Å². The van der Waals surface area contributed by atoms with Gasteiger partial charge in [-0.25, -0.2) is 4.98 Å². The lowest BCUT2D eigenvalue weighted by Gasteiger charge is -2.37. The molecule has 1 aromatic rings. The molecule has 1 aliphatic rings. The van der Waals surface area contributed by atoms with Crippen molar-refractivity contribution in [2.24, 2.45) is 11.8 Å². The molecular weight excluding hydrogens is 382 g/mol. The topological polar surface area (TPSA) is 42.4 Å². The summed E-state index contributed by atoms with van der Waals surface area (Å²) in [6, 6.07) is 3.84. The van der Waals surface area contributed by atoms with E-state index in [1.54, 1.807) is 6.20 Å². The van der Waals surface area contributed by atoms with Crippen molar-refractivity contribution in [2.45, 2.75) is 70.5 Å². The van der Waals surface area contributed by atoms with E-state index in [2.05, 4.69) is 47.9 Å². The Morgan fingerprint density at radius 2 is 1.88 bits per heavy atom. The second-order valence-electron chi connectivity index (χ2n) is 8.49. The van der Waals surface area contributed by atoms with Crippen LogP contribution in [0.4, 0.5) is 0 Å². The number of halogens is 1. The zero-order valence-electron chi connectivity index (χ0n) is 15.5. The molecule has 24 heavy (non-hydrogen) atoms. The number of hydrogen-bond donors (Lipinski definition) is 1. The van der Waals surface area contributed by atoms with Crippen LogP contribution in [0.5, 0.6) is 5.88 Å². The van der Waals surface area contributed by atoms with Gasteiger partial charge in [0.2, 0.25) is 5.88 Å². The van der Waals surface area contributed by atoms with Crippen molar-refractivity contribution in [3.05, 3.63) is 22.8 Å². The minimum atomic E-state index is -2.07. The molecule has 2 rings (SSSR count). The van der Waals surface area contributed by atoms with Gasteiger partial charge in [-0.1, -0.05) is 49.0 Å². The van der Waals surface area contributed by atoms with E-state index in [4.69, 9.17) is 4.74 Å². The quantitative estimate of drug-likeness (QED) is 0.575. The maximum Gasteiger partial charge on any atom is 0.214 e. The molecule has 0 aliphatic heterocycles. The number of aromatic nitrogens is 1. The van der Waals surface area contributed by atoms with E-state index in [1.165, 1.54) is 32.1 Å². The highest BCUT2D eigenvalue weighted by Crippen LogP contribution is 2.43. The van der Waals surface area contributed by atoms with Crippen LogP contribution in [0.3, 0.4) is 0 Å². The minimum Gasteiger partial charge on any atom is -0.477 e. The van der Waals surface area contributed by atoms with Crippen LogP contribution in [0.25, 0.3) is 0 Å². The summed E-state index contributed by atoms with van der Waals surface area (Å²) in [5, 5.41) is 0.110. The summed E-state index contributed by atoms with van der Waals surface area (Å²) in [6.45, 7) is 9.39. The maximum atomic E-state index is 10.4. The van der Waals surface area contributed by atoms with Crippen LogP contribution >= 0.6 is 15.9 Å². The van der Waals surface area contributed by atoms with Gasteiger partial charge in [0.1, 0.15) is 0 Å². The predicted octanol–water partition coefficient (Wildman–Crippen LogP) is 5.79. The average Bonchev–Trinajstić information content (AvgIpc) is 2.51. The van der Waals surface area contributed by atoms with Gasteiger partial charge in [0.15, 0.2) is 8.32 Å². The molecule has 0 atom stereocenters. The standard InChI is InChI=1S/C19H32BrNO2Si/c1-19(2,24(3,4)22)11-9-15-5-7-16(8-6-15)14-23-18-13-17(20)10-12-21-18/h10,12-13,15-16,22H,5-9,11,14H2,1-4H3. The van der Waals surface area contributed by atoms with E-state index >= 15 is 0 Å². The van der Waals surface area contributed by atoms with E-state index in [1.807, 2.05) is 12.1 Å². The van der Waals surface area contributed by atoms with Gasteiger partial charge in [0, 0.05) is 16.7 Å². The van der Waals surface area contributed by atoms with Crippen LogP contribution in [-0.2, 0) is 0 Å². The number of pyridine rings is 1. The summed E-state index contributed by atoms with van der Waals surface area (Å²) in [5.41, 5.74) is 0. The second-order valence-corrected chi connectivity index (χ2v) is 13.9. The summed E-state index contributed by atoms with van der Waals surface area (Å²) in [7, 11) is -2.07. The van der Waals surface area contributed by atoms with Crippen LogP contribution in [0.15, 0.2) is 22.8 Å². The van der Waals surface area contributed by atoms with Crippen LogP contribution < -0.4 is 4.74 Å². The molecule has 0 spiro atoms. The van der Waals surface area contributed by atoms with Gasteiger partial charge in [-0.05, 0) is 55.3 Å². The fourth-order valence-electron chi connectivity index (χ4n) is 3.23. The first-order chi connectivity index (χ1) is 11.2. The van der Waals surface area contributed by atoms with Crippen molar-refractivity contribution in [1.82, 2.24) is 4.98 Å². The van der Waals surface area contributed by atoms with E-state index < -0.39 is 8.32 Å². The third-order valence-corrected chi connectivity index (χ3v) is 10.0. The molecule has 0 bridgehead atoms. The van der Waals surface area contributed by atoms with Gasteiger partial charge in [-0.3, -0.25) is 0 Å². The molecule has 0 unspecified atom stereocenters. The van der Waals surface area contributed by atoms with Crippen molar-refractivity contribution in [3.8, 4) is 5.88 Å². The first-order valence-electron chi connectivity index (χ1n) is 9.14. The summed E-state index contributed by atoms with van der Waals surface area (Å²) in [5.74, 6) is 2.18. The third kappa shape index (κ3) is 5.85. The Morgan fingerprint density at radius 1 is 1.25 bits per heavy atom. The maximum absolute atomic E-state index is 10.4. The van der Waals surface area contributed by atoms with Gasteiger partial charge >= 0.3 is 0 Å². The van der Waals surface area contributed by atoms with Crippen molar-refractivity contribution in [2.75, 3.05) is 6.61 Å². The first kappa shape index (κ1) is 19.9. The Bertz CT molecular complexity index is 522. The van der Waals surface area contributed by atoms with Crippen LogP contribution in [0.2, 0.25) is 18.1 Å². The van der Waals surface area contributed by atoms with Gasteiger partial charge in [-0.15, -0.1) is 0 Å². The molecule has 0 radical (unpaired) electrons. The Hall–Kier alpha value is -0.393. The van der Waals surface area contributed by atoms with Crippen molar-refractivity contribution >= 4 is 24.2 Å². The molecule has 0 saturated heterocycles. The highest BCUT2D eigenvalue weighted by atomic mass is 79.9. The predicted molar refractivity (Wildman–Crippen MR) is 106 cm³/mol. The van der Waals surface area contributed by atoms with Crippen molar-refractivity contribution < 1.29 is 9.53 Å². The monoisotopic (exact) mass is 413 g/mol. The summed E-state index contributed by atoms with van der Waals surface area (Å²) >= 11 is 3.45. The molecule has 1 saturated carbocycles. The summed E-state index contributed by atoms with van der Waals surface area (Å²) < 4.78 is 6.86. The fraction of sp³-hybridized carbons (Fsp3) is 0.737. The minimum absolute atomic E-state index is 0.110. The fourth-order valence-corrected chi connectivity index (χ4v) is 4.30. The highest BCUT2D eigenvalue weighted by molar-refractivity contribution is 9.10. The molecule has 3 nitrogen and oxygen atoms in total. The Kier molecular flexibility index (Phi) is 6.91. The Labute approximate surface area is 156 Å². The Morgan fingerprint density at radius 3 is 2.46 bits per heavy atom. The van der Waals surface area contributed by atoms with E-state index in [-0.39, 0.29) is 5.04 Å². The third-order valence-electron chi connectivity index (χ3n) is 5.96. The van der Waals surface area contributed by atoms with E-state index in [0.29, 0.717) is 11.8 Å². The van der Waals surface area contributed by atoms with Crippen LogP contribution in [-0.4, -0.2) is 24.7 Å². The van der Waals surface area contributed by atoms with E-state index in [0.717, 1.165) is 23.4 Å². The second kappa shape index (κ2) is 8.32. The number of hydrogen-bond acceptors (Lipinski definition) is 3. The summed E-state index contributed by atoms with van der Waals surface area (Å²) in [4.78, 5) is 14.7. The molecule has 1 fully saturated rings. The highest BCUT2D eigenvalue weighted by Gasteiger charge is 2.38. The molecular formula is C19H32BrNO2Si. The van der Waals surface area contributed by atoms with Crippen LogP contribution in [0.1, 0.15) is 52.4 Å². The smallest absolute Gasteiger partial charge is 0.214 e. The van der Waals surface area contributed by atoms with Gasteiger partial charge in [-0.2, -0.15) is 0 Å². The SMILES string of the molecule is CC(C)(CCC1CCC(COc2cc(Br)ccn2)CC1)[Si](C)(C)O. The zero-order valence-corrected chi connectivity index (χ0v) is 18.1. The number of rotatable bonds is 7. The lowest BCUT2D eigenvalue weighted by molar-refractivity contribution is 0.172. The summed E-state index contributed by atoms with van der Waals surface area (Å²) in [6.07, 6.45) is 9.26. The van der Waals surface area contributed by atoms with Gasteiger partial charge < -0.3 is 9.53 Å². The Balaban J connectivity index is 1.70. The van der Waals surface area contributed by atoms with Crippen molar-refractivity contribution in [1.29, 1.82) is 0 Å². The largest absolute Gasteiger partial charge is 0.477 e. The molecule has 5 heteroatoms. The molecule has 136 valence electrons. The average molecular weight is 414 g/mol. The normalized spacial score (nSPS) is 22.4. The molecule has 1 aromatic heterocycles. The lowest BCUT2D eigenvalue weighted by atomic mass is 9.79. The molecule has 0 amide bonds. The number of ether oxygens (including phenoxy) is 1. The molecule has 0 aromatic carbocycles. The molecule has 1 N–H and O–H groups in total. The molecule has 1 aliphatic carbocycles. The van der Waals surface area contributed by atoms with Gasteiger partial charge in [0.05, 0.1) is 6.61 Å². The van der Waals surface area contributed by atoms with E-state index in [9.17, 15) is 4.80 Å². The van der Waals surface area contributed by atoms with Crippen LogP contribution in [0, 0.1) is 11.8 Å². The van der Waals surface area contributed by atoms with Gasteiger partial charge in [0.25, 0.3) is 0 Å². The lowest BCUT2D eigenvalue weighted by Crippen LogP contribution is -2.39. The number of nitrogens with zero attached hydrogens (tertiary/aromatic N) is 1. The first-order valence-corrected chi connectivity index (χ1v) is 12.9. The zero-order chi connectivity index (χ0) is 17.8. The molecule has 1 heterocycles.